The van der Waals surface area contributed by atoms with Crippen LogP contribution in [0, 0.1) is 0 Å². The molecule has 0 amide bonds. The van der Waals surface area contributed by atoms with Crippen molar-refractivity contribution in [2.24, 2.45) is 0 Å². The van der Waals surface area contributed by atoms with Crippen LogP contribution >= 0.6 is 0 Å². The van der Waals surface area contributed by atoms with Gasteiger partial charge in [0.2, 0.25) is 0 Å². The summed E-state index contributed by atoms with van der Waals surface area (Å²) in [4.78, 5) is 54.0. The van der Waals surface area contributed by atoms with E-state index in [1.54, 1.807) is 84.9 Å². The molecule has 52 heavy (non-hydrogen) atoms. The van der Waals surface area contributed by atoms with E-state index in [0.717, 1.165) is 0 Å². The number of esters is 4. The van der Waals surface area contributed by atoms with Crippen molar-refractivity contribution in [3.8, 4) is 0 Å². The van der Waals surface area contributed by atoms with Gasteiger partial charge in [-0.25, -0.2) is 19.2 Å². The zero-order valence-corrected chi connectivity index (χ0v) is 27.6. The molecule has 1 saturated heterocycles. The summed E-state index contributed by atoms with van der Waals surface area (Å²) >= 11 is 0. The first kappa shape index (κ1) is 35.7. The molecular weight excluding hydrogens is 672 g/mol. The topological polar surface area (TPSA) is 157 Å². The Morgan fingerprint density at radius 3 is 1.44 bits per heavy atom. The van der Waals surface area contributed by atoms with Crippen LogP contribution in [-0.2, 0) is 41.6 Å². The van der Waals surface area contributed by atoms with Gasteiger partial charge < -0.3 is 37.9 Å². The van der Waals surface area contributed by atoms with Gasteiger partial charge in [-0.15, -0.1) is 0 Å². The second-order valence-corrected chi connectivity index (χ2v) is 11.6. The average Bonchev–Trinajstić information content (AvgIpc) is 3.67. The number of hydrogen-bond donors (Lipinski definition) is 1. The third-order valence-corrected chi connectivity index (χ3v) is 8.14. The number of carbonyl (C=O) groups excluding carboxylic acids is 4. The summed E-state index contributed by atoms with van der Waals surface area (Å²) in [6.45, 7) is -1.05. The molecule has 0 saturated carbocycles. The molecule has 0 bridgehead atoms. The van der Waals surface area contributed by atoms with Gasteiger partial charge in [0.15, 0.2) is 24.6 Å². The maximum atomic E-state index is 13.7. The largest absolute Gasteiger partial charge is 0.472 e. The highest BCUT2D eigenvalue weighted by Crippen LogP contribution is 2.32. The van der Waals surface area contributed by atoms with Crippen LogP contribution in [0.1, 0.15) is 52.6 Å². The Kier molecular flexibility index (Phi) is 11.8. The van der Waals surface area contributed by atoms with E-state index in [1.807, 2.05) is 0 Å². The number of carbonyl (C=O) groups is 4. The van der Waals surface area contributed by atoms with Crippen LogP contribution in [0.4, 0.5) is 0 Å². The molecule has 0 unspecified atom stereocenters. The highest BCUT2D eigenvalue weighted by Gasteiger charge is 2.53. The van der Waals surface area contributed by atoms with E-state index >= 15 is 0 Å². The molecule has 12 nitrogen and oxygen atoms in total. The Morgan fingerprint density at radius 1 is 0.538 bits per heavy atom. The zero-order valence-electron chi connectivity index (χ0n) is 27.6. The zero-order chi connectivity index (χ0) is 36.3. The molecule has 1 N–H and O–H groups in total. The minimum absolute atomic E-state index is 0.158. The fourth-order valence-corrected chi connectivity index (χ4v) is 5.45. The molecule has 0 radical (unpaired) electrons. The third-order valence-electron chi connectivity index (χ3n) is 8.14. The van der Waals surface area contributed by atoms with Crippen LogP contribution in [0.2, 0.25) is 0 Å². The van der Waals surface area contributed by atoms with Gasteiger partial charge in [-0.2, -0.15) is 0 Å². The maximum Gasteiger partial charge on any atom is 0.338 e. The number of aliphatic hydroxyl groups is 1. The molecule has 0 spiro atoms. The van der Waals surface area contributed by atoms with Crippen molar-refractivity contribution in [1.82, 2.24) is 0 Å². The normalized spacial score (nSPS) is 19.6. The van der Waals surface area contributed by atoms with Gasteiger partial charge >= 0.3 is 23.9 Å². The van der Waals surface area contributed by atoms with Crippen LogP contribution in [0.3, 0.4) is 0 Å². The van der Waals surface area contributed by atoms with Gasteiger partial charge in [0, 0.05) is 11.1 Å². The molecule has 266 valence electrons. The average molecular weight is 707 g/mol. The van der Waals surface area contributed by atoms with E-state index in [-0.39, 0.29) is 35.5 Å². The quantitative estimate of drug-likeness (QED) is 0.121. The number of ether oxygens (including phenoxy) is 6. The summed E-state index contributed by atoms with van der Waals surface area (Å²) in [5, 5.41) is 9.79. The lowest BCUT2D eigenvalue weighted by molar-refractivity contribution is -0.301. The molecule has 12 heteroatoms. The fraction of sp³-hybridized carbons (Fsp3) is 0.200. The van der Waals surface area contributed by atoms with Crippen LogP contribution in [0.25, 0.3) is 0 Å². The molecule has 0 aliphatic carbocycles. The highest BCUT2D eigenvalue weighted by atomic mass is 16.7. The van der Waals surface area contributed by atoms with E-state index in [0.29, 0.717) is 11.1 Å². The molecule has 1 aliphatic rings. The Hall–Kier alpha value is -6.08. The Morgan fingerprint density at radius 2 is 0.962 bits per heavy atom. The minimum atomic E-state index is -1.56. The van der Waals surface area contributed by atoms with Crippen molar-refractivity contribution < 1.29 is 57.1 Å². The molecule has 1 aromatic heterocycles. The smallest absolute Gasteiger partial charge is 0.338 e. The van der Waals surface area contributed by atoms with E-state index < -0.39 is 61.2 Å². The highest BCUT2D eigenvalue weighted by molar-refractivity contribution is 5.91. The first-order chi connectivity index (χ1) is 25.4. The molecule has 5 atom stereocenters. The van der Waals surface area contributed by atoms with Crippen LogP contribution in [0.5, 0.6) is 0 Å². The van der Waals surface area contributed by atoms with Crippen molar-refractivity contribution in [3.63, 3.8) is 0 Å². The van der Waals surface area contributed by atoms with E-state index in [1.165, 1.54) is 48.9 Å². The lowest BCUT2D eigenvalue weighted by Crippen LogP contribution is -2.63. The number of rotatable bonds is 13. The van der Waals surface area contributed by atoms with Gasteiger partial charge in [-0.05, 0) is 48.5 Å². The van der Waals surface area contributed by atoms with Crippen molar-refractivity contribution in [1.29, 1.82) is 0 Å². The van der Waals surface area contributed by atoms with Crippen LogP contribution in [-0.4, -0.2) is 66.3 Å². The third kappa shape index (κ3) is 8.79. The molecule has 6 rings (SSSR count). The van der Waals surface area contributed by atoms with Crippen molar-refractivity contribution in [2.75, 3.05) is 6.61 Å². The first-order valence-corrected chi connectivity index (χ1v) is 16.3. The Balaban J connectivity index is 1.40. The lowest BCUT2D eigenvalue weighted by Gasteiger charge is -2.44. The predicted molar refractivity (Wildman–Crippen MR) is 182 cm³/mol. The lowest BCUT2D eigenvalue weighted by atomic mass is 9.97. The van der Waals surface area contributed by atoms with Crippen molar-refractivity contribution in [3.05, 3.63) is 167 Å². The van der Waals surface area contributed by atoms with E-state index in [2.05, 4.69) is 0 Å². The second kappa shape index (κ2) is 17.2. The van der Waals surface area contributed by atoms with Gasteiger partial charge in [-0.1, -0.05) is 72.8 Å². The summed E-state index contributed by atoms with van der Waals surface area (Å²) in [5.41, 5.74) is 1.64. The van der Waals surface area contributed by atoms with Gasteiger partial charge in [0.1, 0.15) is 12.7 Å². The molecule has 2 heterocycles. The summed E-state index contributed by atoms with van der Waals surface area (Å²) in [7, 11) is 0. The number of aliphatic hydroxyl groups excluding tert-OH is 1. The molecule has 1 fully saturated rings. The summed E-state index contributed by atoms with van der Waals surface area (Å²) in [5.74, 6) is -3.15. The Bertz CT molecular complexity index is 1930. The monoisotopic (exact) mass is 706 g/mol. The maximum absolute atomic E-state index is 13.7. The summed E-state index contributed by atoms with van der Waals surface area (Å²) in [6.07, 6.45) is -4.69. The predicted octanol–water partition coefficient (Wildman–Crippen LogP) is 5.55. The van der Waals surface area contributed by atoms with Crippen molar-refractivity contribution in [2.45, 2.75) is 43.9 Å². The number of furan rings is 1. The minimum Gasteiger partial charge on any atom is -0.472 e. The second-order valence-electron chi connectivity index (χ2n) is 11.6. The number of hydrogen-bond acceptors (Lipinski definition) is 12. The van der Waals surface area contributed by atoms with Gasteiger partial charge in [-0.3, -0.25) is 0 Å². The summed E-state index contributed by atoms with van der Waals surface area (Å²) < 4.78 is 41.4. The molecule has 4 aromatic carbocycles. The van der Waals surface area contributed by atoms with Crippen molar-refractivity contribution >= 4 is 23.9 Å². The number of benzene rings is 4. The van der Waals surface area contributed by atoms with Gasteiger partial charge in [0.05, 0.1) is 48.0 Å². The van der Waals surface area contributed by atoms with Crippen LogP contribution < -0.4 is 0 Å². The standard InChI is InChI=1S/C40H34O12/c41-21-30-22-46-23-31(30)24-48-40-35(52-39(45)29-19-11-4-12-20-29)34(51-38(44)28-17-9-3-10-18-28)33(50-37(43)27-15-7-2-8-16-27)32(49-40)25-47-36(42)26-13-5-1-6-14-26/h1-20,22-23,32-35,40-41H,21,24-25H2/t32-,33-,34+,35-,40-/m1/s1. The SMILES string of the molecule is O=C(OC[C@H]1O[C@@H](OCc2cocc2CO)[C@H](OC(=O)c2ccccc2)[C@@H](OC(=O)c2ccccc2)[C@@H]1OC(=O)c1ccccc1)c1ccccc1. The fourth-order valence-electron chi connectivity index (χ4n) is 5.45. The first-order valence-electron chi connectivity index (χ1n) is 16.3. The van der Waals surface area contributed by atoms with Crippen LogP contribution in [0.15, 0.2) is 138 Å². The van der Waals surface area contributed by atoms with Gasteiger partial charge in [0.25, 0.3) is 0 Å². The van der Waals surface area contributed by atoms with E-state index in [9.17, 15) is 24.3 Å². The molecular formula is C40H34O12. The Labute approximate surface area is 298 Å². The molecule has 5 aromatic rings. The van der Waals surface area contributed by atoms with E-state index in [4.69, 9.17) is 32.8 Å². The summed E-state index contributed by atoms with van der Waals surface area (Å²) in [6, 6.07) is 32.4. The molecule has 1 aliphatic heterocycles.